The lowest BCUT2D eigenvalue weighted by atomic mass is 9.59. The standard InChI is InChI=1S/C18H22O3/c1-11-12-5-8-17(2)14(13(12)3-4-15(11)19)6-9-18(17)10-7-16(20)21-18/h5,8,13-14H,3-4,6-7,9-10H2,1-2H3/t13-,14-,17-,18+/m0/s1. The molecule has 1 aliphatic heterocycles. The van der Waals surface area contributed by atoms with Gasteiger partial charge in [-0.15, -0.1) is 0 Å². The van der Waals surface area contributed by atoms with Crippen molar-refractivity contribution in [1.82, 2.24) is 0 Å². The number of esters is 1. The van der Waals surface area contributed by atoms with Crippen molar-refractivity contribution < 1.29 is 14.3 Å². The van der Waals surface area contributed by atoms with E-state index in [4.69, 9.17) is 4.74 Å². The fourth-order valence-corrected chi connectivity index (χ4v) is 5.37. The first kappa shape index (κ1) is 13.3. The van der Waals surface area contributed by atoms with Gasteiger partial charge in [0.1, 0.15) is 5.60 Å². The Bertz CT molecular complexity index is 600. The van der Waals surface area contributed by atoms with Crippen LogP contribution in [0.3, 0.4) is 0 Å². The molecular formula is C18H22O3. The second-order valence-electron chi connectivity index (χ2n) is 7.38. The molecule has 0 aromatic rings. The van der Waals surface area contributed by atoms with Gasteiger partial charge in [-0.25, -0.2) is 0 Å². The van der Waals surface area contributed by atoms with E-state index in [1.165, 1.54) is 5.57 Å². The minimum absolute atomic E-state index is 0.0402. The van der Waals surface area contributed by atoms with Crippen LogP contribution >= 0.6 is 0 Å². The molecule has 112 valence electrons. The number of ether oxygens (including phenoxy) is 1. The van der Waals surface area contributed by atoms with Gasteiger partial charge in [0, 0.05) is 18.3 Å². The van der Waals surface area contributed by atoms with Crippen LogP contribution in [0.4, 0.5) is 0 Å². The highest BCUT2D eigenvalue weighted by atomic mass is 16.6. The number of carbonyl (C=O) groups is 2. The number of carbonyl (C=O) groups excluding carboxylic acids is 2. The maximum absolute atomic E-state index is 12.0. The summed E-state index contributed by atoms with van der Waals surface area (Å²) in [5.74, 6) is 1.24. The van der Waals surface area contributed by atoms with Crippen LogP contribution in [0.2, 0.25) is 0 Å². The van der Waals surface area contributed by atoms with E-state index in [1.807, 2.05) is 6.92 Å². The minimum atomic E-state index is -0.286. The predicted octanol–water partition coefficient (Wildman–Crippen LogP) is 3.34. The molecule has 2 fully saturated rings. The third-order valence-corrected chi connectivity index (χ3v) is 6.68. The molecule has 4 rings (SSSR count). The predicted molar refractivity (Wildman–Crippen MR) is 78.5 cm³/mol. The Hall–Kier alpha value is -1.38. The maximum atomic E-state index is 12.0. The molecule has 3 aliphatic carbocycles. The second kappa shape index (κ2) is 4.08. The fraction of sp³-hybridized carbons (Fsp3) is 0.667. The van der Waals surface area contributed by atoms with E-state index in [9.17, 15) is 9.59 Å². The van der Waals surface area contributed by atoms with E-state index >= 15 is 0 Å². The van der Waals surface area contributed by atoms with E-state index < -0.39 is 0 Å². The highest BCUT2D eigenvalue weighted by Gasteiger charge is 2.63. The number of allylic oxidation sites excluding steroid dienone is 3. The molecule has 0 amide bonds. The summed E-state index contributed by atoms with van der Waals surface area (Å²) >= 11 is 0. The number of Topliss-reactive ketones (excluding diaryl/α,β-unsaturated/α-hetero) is 1. The number of ketones is 1. The molecule has 4 atom stereocenters. The summed E-state index contributed by atoms with van der Waals surface area (Å²) in [4.78, 5) is 23.7. The Kier molecular flexibility index (Phi) is 2.59. The molecule has 3 heteroatoms. The summed E-state index contributed by atoms with van der Waals surface area (Å²) in [6, 6.07) is 0. The van der Waals surface area contributed by atoms with Gasteiger partial charge in [-0.2, -0.15) is 0 Å². The number of hydrogen-bond donors (Lipinski definition) is 0. The lowest BCUT2D eigenvalue weighted by molar-refractivity contribution is -0.156. The highest BCUT2D eigenvalue weighted by Crippen LogP contribution is 2.63. The summed E-state index contributed by atoms with van der Waals surface area (Å²) < 4.78 is 5.84. The van der Waals surface area contributed by atoms with Crippen molar-refractivity contribution in [1.29, 1.82) is 0 Å². The monoisotopic (exact) mass is 286 g/mol. The topological polar surface area (TPSA) is 43.4 Å². The maximum Gasteiger partial charge on any atom is 0.306 e. The summed E-state index contributed by atoms with van der Waals surface area (Å²) in [6.45, 7) is 4.24. The molecule has 1 heterocycles. The number of rotatable bonds is 0. The lowest BCUT2D eigenvalue weighted by Crippen LogP contribution is -2.47. The molecule has 0 aromatic heterocycles. The number of hydrogen-bond acceptors (Lipinski definition) is 3. The van der Waals surface area contributed by atoms with Crippen LogP contribution in [0.5, 0.6) is 0 Å². The normalized spacial score (nSPS) is 45.0. The molecule has 4 aliphatic rings. The average molecular weight is 286 g/mol. The minimum Gasteiger partial charge on any atom is -0.458 e. The van der Waals surface area contributed by atoms with Crippen molar-refractivity contribution in [3.8, 4) is 0 Å². The zero-order valence-corrected chi connectivity index (χ0v) is 12.8. The van der Waals surface area contributed by atoms with Crippen molar-refractivity contribution in [3.63, 3.8) is 0 Å². The van der Waals surface area contributed by atoms with Crippen molar-refractivity contribution in [2.24, 2.45) is 17.3 Å². The van der Waals surface area contributed by atoms with Crippen LogP contribution in [0, 0.1) is 17.3 Å². The van der Waals surface area contributed by atoms with E-state index in [2.05, 4.69) is 19.1 Å². The van der Waals surface area contributed by atoms with E-state index in [1.54, 1.807) is 0 Å². The van der Waals surface area contributed by atoms with E-state index in [-0.39, 0.29) is 17.0 Å². The molecule has 21 heavy (non-hydrogen) atoms. The van der Waals surface area contributed by atoms with Gasteiger partial charge in [-0.3, -0.25) is 9.59 Å². The zero-order chi connectivity index (χ0) is 14.8. The Morgan fingerprint density at radius 2 is 2.00 bits per heavy atom. The molecular weight excluding hydrogens is 264 g/mol. The SMILES string of the molecule is CC1=C2C=C[C@@]3(C)[C@@H](CC[C@@]34CCC(=O)O4)[C@H]2CCC1=O. The van der Waals surface area contributed by atoms with Crippen molar-refractivity contribution in [3.05, 3.63) is 23.3 Å². The molecule has 0 bridgehead atoms. The third-order valence-electron chi connectivity index (χ3n) is 6.68. The summed E-state index contributed by atoms with van der Waals surface area (Å²) in [7, 11) is 0. The van der Waals surface area contributed by atoms with Gasteiger partial charge < -0.3 is 4.74 Å². The van der Waals surface area contributed by atoms with Crippen LogP contribution < -0.4 is 0 Å². The van der Waals surface area contributed by atoms with Crippen LogP contribution in [0.25, 0.3) is 0 Å². The van der Waals surface area contributed by atoms with Gasteiger partial charge in [0.05, 0.1) is 0 Å². The summed E-state index contributed by atoms with van der Waals surface area (Å²) in [5.41, 5.74) is 1.85. The molecule has 1 spiro atoms. The summed E-state index contributed by atoms with van der Waals surface area (Å²) in [5, 5.41) is 0. The Morgan fingerprint density at radius 3 is 2.71 bits per heavy atom. The smallest absolute Gasteiger partial charge is 0.306 e. The van der Waals surface area contributed by atoms with Gasteiger partial charge in [-0.05, 0) is 55.6 Å². The average Bonchev–Trinajstić information content (AvgIpc) is 2.97. The largest absolute Gasteiger partial charge is 0.458 e. The molecule has 1 saturated carbocycles. The zero-order valence-electron chi connectivity index (χ0n) is 12.8. The first-order chi connectivity index (χ1) is 9.97. The van der Waals surface area contributed by atoms with Gasteiger partial charge >= 0.3 is 5.97 Å². The fourth-order valence-electron chi connectivity index (χ4n) is 5.37. The third kappa shape index (κ3) is 1.55. The van der Waals surface area contributed by atoms with Gasteiger partial charge in [0.15, 0.2) is 5.78 Å². The molecule has 0 N–H and O–H groups in total. The second-order valence-corrected chi connectivity index (χ2v) is 7.38. The van der Waals surface area contributed by atoms with Crippen molar-refractivity contribution in [2.75, 3.05) is 0 Å². The number of fused-ring (bicyclic) bond motifs is 4. The van der Waals surface area contributed by atoms with Crippen molar-refractivity contribution in [2.45, 2.75) is 58.0 Å². The van der Waals surface area contributed by atoms with Gasteiger partial charge in [0.25, 0.3) is 0 Å². The molecule has 0 aromatic carbocycles. The molecule has 3 nitrogen and oxygen atoms in total. The summed E-state index contributed by atoms with van der Waals surface area (Å²) in [6.07, 6.45) is 9.52. The quantitative estimate of drug-likeness (QED) is 0.641. The van der Waals surface area contributed by atoms with E-state index in [0.717, 1.165) is 31.3 Å². The van der Waals surface area contributed by atoms with Crippen LogP contribution in [-0.2, 0) is 14.3 Å². The van der Waals surface area contributed by atoms with Gasteiger partial charge in [0.2, 0.25) is 0 Å². The van der Waals surface area contributed by atoms with E-state index in [0.29, 0.717) is 30.5 Å². The van der Waals surface area contributed by atoms with Crippen molar-refractivity contribution >= 4 is 11.8 Å². The Morgan fingerprint density at radius 1 is 1.19 bits per heavy atom. The van der Waals surface area contributed by atoms with Crippen LogP contribution in [-0.4, -0.2) is 17.4 Å². The highest BCUT2D eigenvalue weighted by molar-refractivity contribution is 5.97. The first-order valence-electron chi connectivity index (χ1n) is 8.12. The van der Waals surface area contributed by atoms with Crippen LogP contribution in [0.1, 0.15) is 52.4 Å². The molecule has 0 radical (unpaired) electrons. The lowest BCUT2D eigenvalue weighted by Gasteiger charge is -2.47. The van der Waals surface area contributed by atoms with Crippen LogP contribution in [0.15, 0.2) is 23.3 Å². The van der Waals surface area contributed by atoms with Gasteiger partial charge in [-0.1, -0.05) is 19.1 Å². The molecule has 1 saturated heterocycles. The Balaban J connectivity index is 1.80. The molecule has 0 unspecified atom stereocenters. The first-order valence-corrected chi connectivity index (χ1v) is 8.12. The Labute approximate surface area is 125 Å².